The van der Waals surface area contributed by atoms with E-state index < -0.39 is 30.1 Å². The first-order valence-electron chi connectivity index (χ1n) is 9.14. The minimum absolute atomic E-state index is 0.112. The van der Waals surface area contributed by atoms with Crippen LogP contribution in [0.5, 0.6) is 5.75 Å². The second kappa shape index (κ2) is 7.00. The third-order valence-electron chi connectivity index (χ3n) is 5.08. The minimum Gasteiger partial charge on any atom is -0.489 e. The molecule has 0 bridgehead atoms. The van der Waals surface area contributed by atoms with Crippen molar-refractivity contribution in [3.05, 3.63) is 64.8 Å². The summed E-state index contributed by atoms with van der Waals surface area (Å²) in [5, 5.41) is 0.944. The van der Waals surface area contributed by atoms with Crippen LogP contribution in [0.25, 0.3) is 10.9 Å². The van der Waals surface area contributed by atoms with Crippen LogP contribution < -0.4 is 4.74 Å². The van der Waals surface area contributed by atoms with Crippen LogP contribution in [0.2, 0.25) is 0 Å². The summed E-state index contributed by atoms with van der Waals surface area (Å²) in [4.78, 5) is 0. The minimum atomic E-state index is -4.87. The molecular weight excluding hydrogens is 396 g/mol. The van der Waals surface area contributed by atoms with Crippen LogP contribution in [-0.2, 0) is 31.9 Å². The Labute approximate surface area is 162 Å². The molecule has 0 saturated heterocycles. The summed E-state index contributed by atoms with van der Waals surface area (Å²) in [6.45, 7) is 0.537. The largest absolute Gasteiger partial charge is 0.489 e. The van der Waals surface area contributed by atoms with Crippen LogP contribution in [0.3, 0.4) is 0 Å². The van der Waals surface area contributed by atoms with Crippen molar-refractivity contribution in [2.24, 2.45) is 0 Å². The number of aryl methyl sites for hydroxylation is 2. The van der Waals surface area contributed by atoms with Gasteiger partial charge in [0, 0.05) is 23.1 Å². The summed E-state index contributed by atoms with van der Waals surface area (Å²) in [5.41, 5.74) is -0.618. The predicted molar refractivity (Wildman–Crippen MR) is 95.7 cm³/mol. The zero-order valence-corrected chi connectivity index (χ0v) is 15.2. The summed E-state index contributed by atoms with van der Waals surface area (Å²) in [7, 11) is 0. The molecule has 0 unspecified atom stereocenters. The van der Waals surface area contributed by atoms with Gasteiger partial charge in [0.15, 0.2) is 0 Å². The topological polar surface area (TPSA) is 14.2 Å². The van der Waals surface area contributed by atoms with E-state index in [1.54, 1.807) is 12.1 Å². The molecule has 2 heterocycles. The van der Waals surface area contributed by atoms with Gasteiger partial charge in [-0.15, -0.1) is 0 Å². The lowest BCUT2D eigenvalue weighted by atomic mass is 10.1. The highest BCUT2D eigenvalue weighted by atomic mass is 19.4. The zero-order valence-electron chi connectivity index (χ0n) is 15.2. The van der Waals surface area contributed by atoms with E-state index in [2.05, 4.69) is 4.57 Å². The molecule has 0 N–H and O–H groups in total. The molecule has 0 atom stereocenters. The molecule has 1 aromatic heterocycles. The Morgan fingerprint density at radius 3 is 2.17 bits per heavy atom. The van der Waals surface area contributed by atoms with E-state index in [1.165, 1.54) is 5.69 Å². The molecule has 1 aliphatic rings. The van der Waals surface area contributed by atoms with Gasteiger partial charge in [0.1, 0.15) is 12.4 Å². The maximum Gasteiger partial charge on any atom is 0.416 e. The lowest BCUT2D eigenvalue weighted by Gasteiger charge is -2.16. The van der Waals surface area contributed by atoms with Gasteiger partial charge in [0.05, 0.1) is 11.1 Å². The molecule has 0 amide bonds. The molecule has 0 fully saturated rings. The van der Waals surface area contributed by atoms with Gasteiger partial charge in [0.25, 0.3) is 0 Å². The molecule has 2 aromatic carbocycles. The van der Waals surface area contributed by atoms with E-state index in [0.29, 0.717) is 17.9 Å². The zero-order chi connectivity index (χ0) is 20.8. The quantitative estimate of drug-likeness (QED) is 0.442. The van der Waals surface area contributed by atoms with E-state index in [1.807, 2.05) is 12.1 Å². The maximum absolute atomic E-state index is 13.0. The van der Waals surface area contributed by atoms with Gasteiger partial charge in [-0.3, -0.25) is 0 Å². The Balaban J connectivity index is 1.60. The van der Waals surface area contributed by atoms with E-state index >= 15 is 0 Å². The van der Waals surface area contributed by atoms with Gasteiger partial charge in [-0.2, -0.15) is 26.3 Å². The second-order valence-electron chi connectivity index (χ2n) is 7.17. The van der Waals surface area contributed by atoms with Gasteiger partial charge in [-0.1, -0.05) is 0 Å². The summed E-state index contributed by atoms with van der Waals surface area (Å²) in [6.07, 6.45) is -6.54. The summed E-state index contributed by atoms with van der Waals surface area (Å²) in [6, 6.07) is 8.85. The summed E-state index contributed by atoms with van der Waals surface area (Å²) < 4.78 is 85.6. The molecule has 0 radical (unpaired) electrons. The number of hydrogen-bond donors (Lipinski definition) is 0. The highest BCUT2D eigenvalue weighted by Gasteiger charge is 2.36. The first-order valence-corrected chi connectivity index (χ1v) is 9.14. The molecule has 0 saturated carbocycles. The van der Waals surface area contributed by atoms with Crippen molar-refractivity contribution >= 4 is 10.9 Å². The lowest BCUT2D eigenvalue weighted by Crippen LogP contribution is -2.12. The average molecular weight is 413 g/mol. The number of rotatable bonds is 3. The maximum atomic E-state index is 13.0. The number of hydrogen-bond acceptors (Lipinski definition) is 1. The van der Waals surface area contributed by atoms with Crippen molar-refractivity contribution in [3.63, 3.8) is 0 Å². The van der Waals surface area contributed by atoms with Gasteiger partial charge >= 0.3 is 12.4 Å². The summed E-state index contributed by atoms with van der Waals surface area (Å²) >= 11 is 0. The van der Waals surface area contributed by atoms with Gasteiger partial charge in [-0.25, -0.2) is 0 Å². The number of nitrogens with zero attached hydrogens (tertiary/aromatic N) is 1. The van der Waals surface area contributed by atoms with Gasteiger partial charge in [0.2, 0.25) is 0 Å². The van der Waals surface area contributed by atoms with Crippen LogP contribution >= 0.6 is 0 Å². The highest BCUT2D eigenvalue weighted by molar-refractivity contribution is 5.83. The average Bonchev–Trinajstić information content (AvgIpc) is 3.02. The predicted octanol–water partition coefficient (Wildman–Crippen LogP) is 6.59. The molecular formula is C21H17F6NO. The van der Waals surface area contributed by atoms with Crippen molar-refractivity contribution < 1.29 is 31.1 Å². The van der Waals surface area contributed by atoms with Gasteiger partial charge in [-0.05, 0) is 67.3 Å². The number of ether oxygens (including phenoxy) is 1. The molecule has 0 spiro atoms. The van der Waals surface area contributed by atoms with Crippen LogP contribution in [0.1, 0.15) is 35.2 Å². The number of fused-ring (bicyclic) bond motifs is 3. The Hall–Kier alpha value is -2.64. The fraction of sp³-hybridized carbons (Fsp3) is 0.333. The van der Waals surface area contributed by atoms with Crippen LogP contribution in [0.15, 0.2) is 42.5 Å². The third kappa shape index (κ3) is 4.06. The van der Waals surface area contributed by atoms with Crippen molar-refractivity contribution in [1.82, 2.24) is 4.57 Å². The fourth-order valence-corrected chi connectivity index (χ4v) is 3.71. The molecule has 4 rings (SSSR count). The van der Waals surface area contributed by atoms with E-state index in [4.69, 9.17) is 4.74 Å². The van der Waals surface area contributed by atoms with Crippen molar-refractivity contribution in [1.29, 1.82) is 0 Å². The van der Waals surface area contributed by atoms with Crippen molar-refractivity contribution in [2.75, 3.05) is 0 Å². The fourth-order valence-electron chi connectivity index (χ4n) is 3.71. The molecule has 3 aromatic rings. The van der Waals surface area contributed by atoms with Crippen molar-refractivity contribution in [3.8, 4) is 5.75 Å². The Morgan fingerprint density at radius 2 is 1.52 bits per heavy atom. The molecule has 2 nitrogen and oxygen atoms in total. The normalized spacial score (nSPS) is 14.8. The Kier molecular flexibility index (Phi) is 4.75. The standard InChI is InChI=1S/C21H17F6NO/c22-20(23,24)15-7-13(8-16(11-15)21(25,26)27)12-29-18-4-5-19-14(10-18)9-17-3-1-2-6-28(17)19/h4-5,7-11H,1-3,6,12H2. The number of alkyl halides is 6. The van der Waals surface area contributed by atoms with Crippen molar-refractivity contribution in [2.45, 2.75) is 44.8 Å². The monoisotopic (exact) mass is 413 g/mol. The second-order valence-corrected chi connectivity index (χ2v) is 7.17. The first kappa shape index (κ1) is 19.7. The molecule has 1 aliphatic heterocycles. The van der Waals surface area contributed by atoms with Gasteiger partial charge < -0.3 is 9.30 Å². The Morgan fingerprint density at radius 1 is 0.828 bits per heavy atom. The molecule has 0 aliphatic carbocycles. The molecule has 29 heavy (non-hydrogen) atoms. The third-order valence-corrected chi connectivity index (χ3v) is 5.08. The number of benzene rings is 2. The van der Waals surface area contributed by atoms with Crippen LogP contribution in [-0.4, -0.2) is 4.57 Å². The smallest absolute Gasteiger partial charge is 0.416 e. The van der Waals surface area contributed by atoms with E-state index in [-0.39, 0.29) is 11.6 Å². The molecule has 154 valence electrons. The SMILES string of the molecule is FC(F)(F)c1cc(COc2ccc3c(c2)cc2n3CCCC2)cc(C(F)(F)F)c1. The number of halogens is 6. The van der Waals surface area contributed by atoms with E-state index in [0.717, 1.165) is 36.7 Å². The first-order chi connectivity index (χ1) is 13.6. The van der Waals surface area contributed by atoms with Crippen LogP contribution in [0, 0.1) is 0 Å². The Bertz CT molecular complexity index is 1020. The number of aromatic nitrogens is 1. The lowest BCUT2D eigenvalue weighted by molar-refractivity contribution is -0.143. The molecule has 8 heteroatoms. The van der Waals surface area contributed by atoms with E-state index in [9.17, 15) is 26.3 Å². The highest BCUT2D eigenvalue weighted by Crippen LogP contribution is 2.36. The van der Waals surface area contributed by atoms with Crippen LogP contribution in [0.4, 0.5) is 26.3 Å². The summed E-state index contributed by atoms with van der Waals surface area (Å²) in [5.74, 6) is 0.395.